The zero-order valence-corrected chi connectivity index (χ0v) is 16.7. The second-order valence-electron chi connectivity index (χ2n) is 7.20. The Morgan fingerprint density at radius 3 is 2.50 bits per heavy atom. The van der Waals surface area contributed by atoms with Gasteiger partial charge in [0.05, 0.1) is 18.1 Å². The van der Waals surface area contributed by atoms with Gasteiger partial charge in [0.2, 0.25) is 0 Å². The van der Waals surface area contributed by atoms with Gasteiger partial charge in [0.1, 0.15) is 0 Å². The highest BCUT2D eigenvalue weighted by Gasteiger charge is 2.29. The summed E-state index contributed by atoms with van der Waals surface area (Å²) in [6, 6.07) is 13.2. The number of rotatable bonds is 7. The van der Waals surface area contributed by atoms with Crippen molar-refractivity contribution in [3.8, 4) is 0 Å². The van der Waals surface area contributed by atoms with Crippen molar-refractivity contribution >= 4 is 38.1 Å². The molecule has 2 aromatic rings. The summed E-state index contributed by atoms with van der Waals surface area (Å²) in [6.07, 6.45) is 0.455. The van der Waals surface area contributed by atoms with Gasteiger partial charge in [-0.2, -0.15) is 0 Å². The van der Waals surface area contributed by atoms with Gasteiger partial charge in [-0.15, -0.1) is 0 Å². The summed E-state index contributed by atoms with van der Waals surface area (Å²) in [7, 11) is -3.03. The van der Waals surface area contributed by atoms with Crippen molar-refractivity contribution in [1.82, 2.24) is 5.32 Å². The fourth-order valence-electron chi connectivity index (χ4n) is 3.48. The van der Waals surface area contributed by atoms with Gasteiger partial charge in [-0.1, -0.05) is 36.4 Å². The van der Waals surface area contributed by atoms with Crippen LogP contribution in [0.3, 0.4) is 0 Å². The van der Waals surface area contributed by atoms with E-state index in [2.05, 4.69) is 10.6 Å². The molecule has 28 heavy (non-hydrogen) atoms. The Bertz CT molecular complexity index is 969. The van der Waals surface area contributed by atoms with Crippen LogP contribution in [-0.2, 0) is 19.4 Å². The Morgan fingerprint density at radius 1 is 1.07 bits per heavy atom. The summed E-state index contributed by atoms with van der Waals surface area (Å²) in [5.74, 6) is -0.265. The van der Waals surface area contributed by atoms with E-state index in [1.54, 1.807) is 0 Å². The molecule has 1 saturated heterocycles. The molecule has 1 aliphatic rings. The van der Waals surface area contributed by atoms with Crippen molar-refractivity contribution < 1.29 is 22.9 Å². The zero-order chi connectivity index (χ0) is 20.1. The number of hydrogen-bond acceptors (Lipinski definition) is 4. The van der Waals surface area contributed by atoms with E-state index >= 15 is 0 Å². The van der Waals surface area contributed by atoms with Crippen LogP contribution < -0.4 is 15.5 Å². The lowest BCUT2D eigenvalue weighted by molar-refractivity contribution is -0.881. The number of benzene rings is 2. The lowest BCUT2D eigenvalue weighted by atomic mass is 10.1. The van der Waals surface area contributed by atoms with E-state index in [0.29, 0.717) is 13.0 Å². The second-order valence-corrected chi connectivity index (χ2v) is 9.43. The molecule has 0 aromatic heterocycles. The fraction of sp³-hybridized carbons (Fsp3) is 0.400. The lowest BCUT2D eigenvalue weighted by Crippen LogP contribution is -3.14. The number of hydrogen-bond donors (Lipinski definition) is 3. The van der Waals surface area contributed by atoms with Crippen molar-refractivity contribution in [3.05, 3.63) is 42.5 Å². The minimum Gasteiger partial charge on any atom is -0.347 e. The molecular formula is C20H26N3O4S+. The number of carbonyl (C=O) groups excluding carboxylic acids is 2. The van der Waals surface area contributed by atoms with Gasteiger partial charge >= 0.3 is 0 Å². The molecule has 2 atom stereocenters. The Morgan fingerprint density at radius 2 is 1.79 bits per heavy atom. The van der Waals surface area contributed by atoms with Crippen molar-refractivity contribution in [2.45, 2.75) is 19.4 Å². The molecule has 8 heteroatoms. The van der Waals surface area contributed by atoms with E-state index in [1.165, 1.54) is 0 Å². The van der Waals surface area contributed by atoms with Crippen molar-refractivity contribution in [1.29, 1.82) is 0 Å². The first-order valence-electron chi connectivity index (χ1n) is 9.47. The van der Waals surface area contributed by atoms with Crippen LogP contribution in [0.2, 0.25) is 0 Å². The minimum atomic E-state index is -3.03. The number of sulfone groups is 1. The number of carbonyl (C=O) groups is 2. The Balaban J connectivity index is 1.55. The monoisotopic (exact) mass is 404 g/mol. The maximum atomic E-state index is 12.5. The maximum Gasteiger partial charge on any atom is 0.279 e. The number of fused-ring (bicyclic) bond motifs is 1. The maximum absolute atomic E-state index is 12.5. The summed E-state index contributed by atoms with van der Waals surface area (Å²) in [5, 5.41) is 7.73. The Kier molecular flexibility index (Phi) is 6.31. The number of amides is 2. The SMILES string of the molecule is CC[NH+](CC(=O)Nc1cccc2ccccc12)CC(=O)N[C@@H]1CCS(=O)(=O)C1. The predicted octanol–water partition coefficient (Wildman–Crippen LogP) is -0.0136. The quantitative estimate of drug-likeness (QED) is 0.605. The van der Waals surface area contributed by atoms with E-state index in [4.69, 9.17) is 0 Å². The van der Waals surface area contributed by atoms with Crippen LogP contribution >= 0.6 is 0 Å². The molecule has 1 heterocycles. The van der Waals surface area contributed by atoms with Gasteiger partial charge in [-0.3, -0.25) is 9.59 Å². The summed E-state index contributed by atoms with van der Waals surface area (Å²) < 4.78 is 23.0. The zero-order valence-electron chi connectivity index (χ0n) is 15.9. The van der Waals surface area contributed by atoms with Crippen molar-refractivity contribution in [2.24, 2.45) is 0 Å². The number of anilines is 1. The summed E-state index contributed by atoms with van der Waals surface area (Å²) in [5.41, 5.74) is 0.749. The van der Waals surface area contributed by atoms with Crippen LogP contribution in [0.5, 0.6) is 0 Å². The average molecular weight is 405 g/mol. The van der Waals surface area contributed by atoms with Gasteiger partial charge in [0, 0.05) is 17.1 Å². The highest BCUT2D eigenvalue weighted by Crippen LogP contribution is 2.22. The molecule has 1 fully saturated rings. The molecule has 150 valence electrons. The van der Waals surface area contributed by atoms with E-state index in [9.17, 15) is 18.0 Å². The van der Waals surface area contributed by atoms with E-state index < -0.39 is 9.84 Å². The van der Waals surface area contributed by atoms with Crippen molar-refractivity contribution in [3.63, 3.8) is 0 Å². The standard InChI is InChI=1S/C20H25N3O4S/c1-2-23(12-19(24)21-16-10-11-28(26,27)14-16)13-20(25)22-18-9-5-7-15-6-3-4-8-17(15)18/h3-9,16H,2,10-14H2,1H3,(H,21,24)(H,22,25)/p+1/t16-/m1/s1. The smallest absolute Gasteiger partial charge is 0.279 e. The molecule has 1 aliphatic heterocycles. The van der Waals surface area contributed by atoms with Gasteiger partial charge < -0.3 is 15.5 Å². The van der Waals surface area contributed by atoms with Crippen LogP contribution in [0, 0.1) is 0 Å². The molecular weight excluding hydrogens is 378 g/mol. The average Bonchev–Trinajstić information content (AvgIpc) is 2.99. The molecule has 3 N–H and O–H groups in total. The van der Waals surface area contributed by atoms with E-state index in [-0.39, 0.29) is 42.5 Å². The molecule has 7 nitrogen and oxygen atoms in total. The van der Waals surface area contributed by atoms with Gasteiger partial charge in [-0.05, 0) is 24.8 Å². The third kappa shape index (κ3) is 5.30. The molecule has 2 aromatic carbocycles. The second kappa shape index (κ2) is 8.70. The summed E-state index contributed by atoms with van der Waals surface area (Å²) >= 11 is 0. The van der Waals surface area contributed by atoms with Crippen molar-refractivity contribution in [2.75, 3.05) is 36.5 Å². The first-order chi connectivity index (χ1) is 13.4. The molecule has 0 radical (unpaired) electrons. The van der Waals surface area contributed by atoms with Gasteiger partial charge in [0.15, 0.2) is 22.9 Å². The normalized spacial score (nSPS) is 19.2. The van der Waals surface area contributed by atoms with Crippen LogP contribution in [0.4, 0.5) is 5.69 Å². The molecule has 1 unspecified atom stereocenters. The number of nitrogens with one attached hydrogen (secondary N) is 3. The Hall–Kier alpha value is -2.45. The highest BCUT2D eigenvalue weighted by atomic mass is 32.2. The number of quaternary nitrogens is 1. The Labute approximate surface area is 165 Å². The third-order valence-corrected chi connectivity index (χ3v) is 6.75. The molecule has 0 saturated carbocycles. The molecule has 0 bridgehead atoms. The largest absolute Gasteiger partial charge is 0.347 e. The fourth-order valence-corrected chi connectivity index (χ4v) is 5.16. The van der Waals surface area contributed by atoms with Gasteiger partial charge in [-0.25, -0.2) is 8.42 Å². The first-order valence-corrected chi connectivity index (χ1v) is 11.3. The highest BCUT2D eigenvalue weighted by molar-refractivity contribution is 7.91. The molecule has 0 aliphatic carbocycles. The van der Waals surface area contributed by atoms with Crippen LogP contribution in [0.1, 0.15) is 13.3 Å². The summed E-state index contributed by atoms with van der Waals surface area (Å²) in [4.78, 5) is 25.5. The lowest BCUT2D eigenvalue weighted by Gasteiger charge is -2.18. The molecule has 2 amide bonds. The van der Waals surface area contributed by atoms with Crippen LogP contribution in [0.25, 0.3) is 10.8 Å². The minimum absolute atomic E-state index is 0.00175. The first kappa shape index (κ1) is 20.3. The van der Waals surface area contributed by atoms with Gasteiger partial charge in [0.25, 0.3) is 11.8 Å². The van der Waals surface area contributed by atoms with Crippen LogP contribution in [0.15, 0.2) is 42.5 Å². The molecule has 3 rings (SSSR count). The third-order valence-electron chi connectivity index (χ3n) is 4.98. The van der Waals surface area contributed by atoms with Crippen LogP contribution in [-0.4, -0.2) is 57.4 Å². The molecule has 0 spiro atoms. The van der Waals surface area contributed by atoms with E-state index in [0.717, 1.165) is 21.4 Å². The van der Waals surface area contributed by atoms with E-state index in [1.807, 2.05) is 49.4 Å². The number of likely N-dealkylation sites (N-methyl/N-ethyl adjacent to an activating group) is 1. The topological polar surface area (TPSA) is 96.8 Å². The summed E-state index contributed by atoms with van der Waals surface area (Å²) in [6.45, 7) is 2.82. The predicted molar refractivity (Wildman–Crippen MR) is 109 cm³/mol.